The van der Waals surface area contributed by atoms with Gasteiger partial charge in [0, 0.05) is 48.7 Å². The van der Waals surface area contributed by atoms with Crippen LogP contribution >= 0.6 is 11.6 Å². The Labute approximate surface area is 141 Å². The van der Waals surface area contributed by atoms with Gasteiger partial charge in [-0.05, 0) is 37.5 Å². The maximum absolute atomic E-state index is 12.5. The Hall–Kier alpha value is -1.59. The number of carbonyl (C=O) groups is 2. The summed E-state index contributed by atoms with van der Waals surface area (Å²) in [4.78, 5) is 28.6. The van der Waals surface area contributed by atoms with E-state index < -0.39 is 0 Å². The van der Waals surface area contributed by atoms with E-state index >= 15 is 0 Å². The van der Waals surface area contributed by atoms with Crippen molar-refractivity contribution in [3.05, 3.63) is 34.9 Å². The number of halogens is 1. The molecule has 2 aliphatic rings. The fourth-order valence-corrected chi connectivity index (χ4v) is 3.62. The van der Waals surface area contributed by atoms with Crippen molar-refractivity contribution in [2.24, 2.45) is 11.7 Å². The summed E-state index contributed by atoms with van der Waals surface area (Å²) < 4.78 is 0. The second-order valence-electron chi connectivity index (χ2n) is 6.40. The highest BCUT2D eigenvalue weighted by atomic mass is 35.5. The Balaban J connectivity index is 1.56. The van der Waals surface area contributed by atoms with Crippen LogP contribution in [0.15, 0.2) is 24.3 Å². The normalized spacial score (nSPS) is 24.8. The first-order valence-corrected chi connectivity index (χ1v) is 8.51. The molecule has 0 spiro atoms. The molecule has 0 aromatic heterocycles. The van der Waals surface area contributed by atoms with Crippen LogP contribution in [0.5, 0.6) is 0 Å². The van der Waals surface area contributed by atoms with E-state index in [1.165, 1.54) is 0 Å². The van der Waals surface area contributed by atoms with Crippen molar-refractivity contribution >= 4 is 23.4 Å². The fourth-order valence-electron chi connectivity index (χ4n) is 3.43. The zero-order valence-electron chi connectivity index (χ0n) is 13.1. The van der Waals surface area contributed by atoms with Crippen LogP contribution in [0.25, 0.3) is 0 Å². The molecule has 1 saturated carbocycles. The van der Waals surface area contributed by atoms with Gasteiger partial charge in [-0.15, -0.1) is 0 Å². The van der Waals surface area contributed by atoms with Crippen molar-refractivity contribution in [1.82, 2.24) is 9.80 Å². The van der Waals surface area contributed by atoms with E-state index in [1.807, 2.05) is 4.90 Å². The summed E-state index contributed by atoms with van der Waals surface area (Å²) in [5.41, 5.74) is 6.49. The van der Waals surface area contributed by atoms with Crippen LogP contribution < -0.4 is 5.73 Å². The number of nitrogens with zero attached hydrogens (tertiary/aromatic N) is 2. The molecule has 1 aromatic rings. The van der Waals surface area contributed by atoms with E-state index in [2.05, 4.69) is 0 Å². The largest absolute Gasteiger partial charge is 0.339 e. The van der Waals surface area contributed by atoms with Gasteiger partial charge in [-0.25, -0.2) is 0 Å². The van der Waals surface area contributed by atoms with Crippen LogP contribution in [0, 0.1) is 5.92 Å². The molecule has 5 nitrogen and oxygen atoms in total. The predicted octanol–water partition coefficient (Wildman–Crippen LogP) is 1.75. The van der Waals surface area contributed by atoms with Crippen molar-refractivity contribution in [2.45, 2.75) is 25.3 Å². The lowest BCUT2D eigenvalue weighted by Gasteiger charge is -2.36. The Morgan fingerprint density at radius 1 is 1.09 bits per heavy atom. The Morgan fingerprint density at radius 3 is 2.39 bits per heavy atom. The van der Waals surface area contributed by atoms with E-state index in [0.717, 1.165) is 19.3 Å². The second kappa shape index (κ2) is 6.89. The smallest absolute Gasteiger partial charge is 0.254 e. The van der Waals surface area contributed by atoms with Gasteiger partial charge in [-0.2, -0.15) is 0 Å². The summed E-state index contributed by atoms with van der Waals surface area (Å²) in [7, 11) is 0. The molecule has 23 heavy (non-hydrogen) atoms. The molecule has 1 aromatic carbocycles. The SMILES string of the molecule is NC1CCC(C(=O)N2CCN(C(=O)c3cccc(Cl)c3)CC2)C1. The Morgan fingerprint density at radius 2 is 1.78 bits per heavy atom. The van der Waals surface area contributed by atoms with Gasteiger partial charge in [-0.1, -0.05) is 17.7 Å². The van der Waals surface area contributed by atoms with Gasteiger partial charge >= 0.3 is 0 Å². The highest BCUT2D eigenvalue weighted by Gasteiger charge is 2.33. The topological polar surface area (TPSA) is 66.6 Å². The van der Waals surface area contributed by atoms with Crippen LogP contribution in [0.3, 0.4) is 0 Å². The molecule has 2 atom stereocenters. The molecule has 2 N–H and O–H groups in total. The summed E-state index contributed by atoms with van der Waals surface area (Å²) in [5.74, 6) is 0.246. The molecule has 1 heterocycles. The minimum atomic E-state index is -0.0255. The molecule has 124 valence electrons. The van der Waals surface area contributed by atoms with Gasteiger partial charge in [0.15, 0.2) is 0 Å². The molecular weight excluding hydrogens is 314 g/mol. The van der Waals surface area contributed by atoms with E-state index in [4.69, 9.17) is 17.3 Å². The average Bonchev–Trinajstić information content (AvgIpc) is 3.00. The molecule has 6 heteroatoms. The molecule has 1 aliphatic carbocycles. The number of hydrogen-bond donors (Lipinski definition) is 1. The van der Waals surface area contributed by atoms with Crippen molar-refractivity contribution in [3.8, 4) is 0 Å². The first-order valence-electron chi connectivity index (χ1n) is 8.14. The van der Waals surface area contributed by atoms with Crippen molar-refractivity contribution in [2.75, 3.05) is 26.2 Å². The molecule has 1 aliphatic heterocycles. The summed E-state index contributed by atoms with van der Waals surface area (Å²) in [6.45, 7) is 2.32. The summed E-state index contributed by atoms with van der Waals surface area (Å²) >= 11 is 5.94. The van der Waals surface area contributed by atoms with Gasteiger partial charge in [0.05, 0.1) is 0 Å². The van der Waals surface area contributed by atoms with Crippen LogP contribution in [0.2, 0.25) is 5.02 Å². The van der Waals surface area contributed by atoms with Crippen molar-refractivity contribution in [3.63, 3.8) is 0 Å². The predicted molar refractivity (Wildman–Crippen MR) is 89.3 cm³/mol. The third-order valence-corrected chi connectivity index (χ3v) is 5.01. The maximum Gasteiger partial charge on any atom is 0.254 e. The number of rotatable bonds is 2. The van der Waals surface area contributed by atoms with Crippen molar-refractivity contribution in [1.29, 1.82) is 0 Å². The number of piperazine rings is 1. The molecule has 2 amide bonds. The minimum Gasteiger partial charge on any atom is -0.339 e. The number of amides is 2. The lowest BCUT2D eigenvalue weighted by Crippen LogP contribution is -2.51. The van der Waals surface area contributed by atoms with Crippen LogP contribution in [-0.4, -0.2) is 53.8 Å². The van der Waals surface area contributed by atoms with Gasteiger partial charge in [0.2, 0.25) is 5.91 Å². The lowest BCUT2D eigenvalue weighted by molar-refractivity contribution is -0.136. The minimum absolute atomic E-state index is 0.0255. The summed E-state index contributed by atoms with van der Waals surface area (Å²) in [6.07, 6.45) is 2.62. The summed E-state index contributed by atoms with van der Waals surface area (Å²) in [6, 6.07) is 7.14. The van der Waals surface area contributed by atoms with Crippen LogP contribution in [0.1, 0.15) is 29.6 Å². The maximum atomic E-state index is 12.5. The highest BCUT2D eigenvalue weighted by Crippen LogP contribution is 2.26. The van der Waals surface area contributed by atoms with Crippen LogP contribution in [0.4, 0.5) is 0 Å². The second-order valence-corrected chi connectivity index (χ2v) is 6.83. The lowest BCUT2D eigenvalue weighted by atomic mass is 10.1. The van der Waals surface area contributed by atoms with Gasteiger partial charge in [0.25, 0.3) is 5.91 Å². The molecular formula is C17H22ClN3O2. The Bertz CT molecular complexity index is 599. The molecule has 1 saturated heterocycles. The van der Waals surface area contributed by atoms with Gasteiger partial charge < -0.3 is 15.5 Å². The van der Waals surface area contributed by atoms with E-state index in [1.54, 1.807) is 29.2 Å². The van der Waals surface area contributed by atoms with Crippen LogP contribution in [-0.2, 0) is 4.79 Å². The molecule has 3 rings (SSSR count). The fraction of sp³-hybridized carbons (Fsp3) is 0.529. The molecule has 0 radical (unpaired) electrons. The van der Waals surface area contributed by atoms with E-state index in [9.17, 15) is 9.59 Å². The number of nitrogens with two attached hydrogens (primary N) is 1. The third kappa shape index (κ3) is 3.67. The quantitative estimate of drug-likeness (QED) is 0.895. The van der Waals surface area contributed by atoms with Gasteiger partial charge in [0.1, 0.15) is 0 Å². The number of carbonyl (C=O) groups excluding carboxylic acids is 2. The highest BCUT2D eigenvalue weighted by molar-refractivity contribution is 6.30. The zero-order valence-corrected chi connectivity index (χ0v) is 13.8. The average molecular weight is 336 g/mol. The van der Waals surface area contributed by atoms with Gasteiger partial charge in [-0.3, -0.25) is 9.59 Å². The zero-order chi connectivity index (χ0) is 16.4. The standard InChI is InChI=1S/C17H22ClN3O2/c18-14-3-1-2-12(10-14)16(22)20-6-8-21(9-7-20)17(23)13-4-5-15(19)11-13/h1-3,10,13,15H,4-9,11,19H2. The molecule has 2 unspecified atom stereocenters. The van der Waals surface area contributed by atoms with Crippen molar-refractivity contribution < 1.29 is 9.59 Å². The summed E-state index contributed by atoms with van der Waals surface area (Å²) in [5, 5.41) is 0.558. The number of hydrogen-bond acceptors (Lipinski definition) is 3. The first-order chi connectivity index (χ1) is 11.0. The van der Waals surface area contributed by atoms with E-state index in [0.29, 0.717) is 36.8 Å². The first kappa shape index (κ1) is 16.3. The molecule has 0 bridgehead atoms. The number of benzene rings is 1. The van der Waals surface area contributed by atoms with E-state index in [-0.39, 0.29) is 23.8 Å². The monoisotopic (exact) mass is 335 g/mol. The third-order valence-electron chi connectivity index (χ3n) is 4.77. The molecule has 2 fully saturated rings. The Kier molecular flexibility index (Phi) is 4.87.